The molecule has 110 valence electrons. The van der Waals surface area contributed by atoms with Crippen LogP contribution in [0.5, 0.6) is 0 Å². The van der Waals surface area contributed by atoms with E-state index in [1.54, 1.807) is 0 Å². The van der Waals surface area contributed by atoms with Crippen molar-refractivity contribution < 1.29 is 4.79 Å². The van der Waals surface area contributed by atoms with Crippen LogP contribution in [0.1, 0.15) is 24.4 Å². The quantitative estimate of drug-likeness (QED) is 0.743. The second kappa shape index (κ2) is 7.84. The predicted molar refractivity (Wildman–Crippen MR) is 89.8 cm³/mol. The van der Waals surface area contributed by atoms with E-state index in [0.717, 1.165) is 44.0 Å². The highest BCUT2D eigenvalue weighted by molar-refractivity contribution is 7.80. The molecule has 20 heavy (non-hydrogen) atoms. The molecule has 0 bridgehead atoms. The Balaban J connectivity index is 2.13. The zero-order valence-electron chi connectivity index (χ0n) is 11.6. The zero-order chi connectivity index (χ0) is 14.4. The summed E-state index contributed by atoms with van der Waals surface area (Å²) in [6.07, 6.45) is 1.87. The smallest absolute Gasteiger partial charge is 0.320 e. The number of carbonyl (C=O) groups is 1. The Morgan fingerprint density at radius 3 is 2.35 bits per heavy atom. The van der Waals surface area contributed by atoms with Crippen LogP contribution in [0.4, 0.5) is 4.79 Å². The van der Waals surface area contributed by atoms with Crippen LogP contribution >= 0.6 is 25.3 Å². The lowest BCUT2D eigenvalue weighted by Gasteiger charge is -2.23. The molecule has 1 fully saturated rings. The summed E-state index contributed by atoms with van der Waals surface area (Å²) in [6.45, 7) is 2.35. The van der Waals surface area contributed by atoms with Gasteiger partial charge in [0.15, 0.2) is 0 Å². The van der Waals surface area contributed by atoms with Gasteiger partial charge in [0.1, 0.15) is 0 Å². The van der Waals surface area contributed by atoms with Crippen LogP contribution in [0.2, 0.25) is 0 Å². The standard InChI is InChI=1S/C15H22N2OS2/c18-15-16(8-4-10-19)12-14(17(15)9-5-11-20)13-6-2-1-3-7-13/h1-3,6-7,14,19-20H,4-5,8-12H2. The molecule has 0 radical (unpaired) electrons. The van der Waals surface area contributed by atoms with E-state index < -0.39 is 0 Å². The Labute approximate surface area is 132 Å². The minimum Gasteiger partial charge on any atom is -0.322 e. The molecule has 2 rings (SSSR count). The fourth-order valence-electron chi connectivity index (χ4n) is 2.60. The van der Waals surface area contributed by atoms with Gasteiger partial charge in [-0.15, -0.1) is 0 Å². The number of nitrogens with zero attached hydrogens (tertiary/aromatic N) is 2. The second-order valence-corrected chi connectivity index (χ2v) is 5.90. The molecular weight excluding hydrogens is 288 g/mol. The fraction of sp³-hybridized carbons (Fsp3) is 0.533. The van der Waals surface area contributed by atoms with Crippen molar-refractivity contribution in [3.05, 3.63) is 35.9 Å². The highest BCUT2D eigenvalue weighted by atomic mass is 32.1. The van der Waals surface area contributed by atoms with Crippen molar-refractivity contribution in [2.75, 3.05) is 31.1 Å². The molecule has 0 aromatic heterocycles. The minimum atomic E-state index is 0.155. The molecule has 1 aromatic rings. The number of carbonyl (C=O) groups excluding carboxylic acids is 1. The van der Waals surface area contributed by atoms with Gasteiger partial charge in [0, 0.05) is 19.6 Å². The monoisotopic (exact) mass is 310 g/mol. The third-order valence-electron chi connectivity index (χ3n) is 3.61. The Morgan fingerprint density at radius 2 is 1.70 bits per heavy atom. The summed E-state index contributed by atoms with van der Waals surface area (Å²) in [4.78, 5) is 16.4. The molecule has 1 atom stereocenters. The number of hydrogen-bond donors (Lipinski definition) is 2. The van der Waals surface area contributed by atoms with Gasteiger partial charge in [0.2, 0.25) is 0 Å². The lowest BCUT2D eigenvalue weighted by atomic mass is 10.1. The first kappa shape index (κ1) is 15.6. The lowest BCUT2D eigenvalue weighted by molar-refractivity contribution is 0.186. The van der Waals surface area contributed by atoms with Crippen LogP contribution in [-0.4, -0.2) is 47.0 Å². The van der Waals surface area contributed by atoms with Crippen LogP contribution < -0.4 is 0 Å². The van der Waals surface area contributed by atoms with Crippen molar-refractivity contribution in [2.45, 2.75) is 18.9 Å². The summed E-state index contributed by atoms with van der Waals surface area (Å²) >= 11 is 8.49. The maximum atomic E-state index is 12.5. The first-order valence-corrected chi connectivity index (χ1v) is 8.36. The van der Waals surface area contributed by atoms with Crippen molar-refractivity contribution in [3.63, 3.8) is 0 Å². The van der Waals surface area contributed by atoms with E-state index in [9.17, 15) is 4.79 Å². The zero-order valence-corrected chi connectivity index (χ0v) is 13.4. The number of hydrogen-bond acceptors (Lipinski definition) is 3. The summed E-state index contributed by atoms with van der Waals surface area (Å²) in [5.74, 6) is 1.62. The largest absolute Gasteiger partial charge is 0.322 e. The van der Waals surface area contributed by atoms with E-state index in [2.05, 4.69) is 37.4 Å². The van der Waals surface area contributed by atoms with E-state index in [1.165, 1.54) is 5.56 Å². The van der Waals surface area contributed by atoms with Crippen LogP contribution in [0.15, 0.2) is 30.3 Å². The summed E-state index contributed by atoms with van der Waals surface area (Å²) in [6, 6.07) is 10.6. The topological polar surface area (TPSA) is 23.6 Å². The maximum absolute atomic E-state index is 12.5. The predicted octanol–water partition coefficient (Wildman–Crippen LogP) is 3.11. The Bertz CT molecular complexity index is 427. The van der Waals surface area contributed by atoms with E-state index in [-0.39, 0.29) is 12.1 Å². The molecule has 1 unspecified atom stereocenters. The normalized spacial score (nSPS) is 18.9. The minimum absolute atomic E-state index is 0.155. The molecular formula is C15H22N2OS2. The van der Waals surface area contributed by atoms with E-state index >= 15 is 0 Å². The molecule has 0 N–H and O–H groups in total. The molecule has 1 aliphatic heterocycles. The maximum Gasteiger partial charge on any atom is 0.320 e. The summed E-state index contributed by atoms with van der Waals surface area (Å²) in [7, 11) is 0. The van der Waals surface area contributed by atoms with Gasteiger partial charge in [0.25, 0.3) is 0 Å². The van der Waals surface area contributed by atoms with Crippen LogP contribution in [0.25, 0.3) is 0 Å². The van der Waals surface area contributed by atoms with Crippen molar-refractivity contribution in [3.8, 4) is 0 Å². The molecule has 0 spiro atoms. The SMILES string of the molecule is O=C1N(CCCS)CC(c2ccccc2)N1CCCS. The summed E-state index contributed by atoms with van der Waals surface area (Å²) in [5, 5.41) is 0. The van der Waals surface area contributed by atoms with Gasteiger partial charge in [-0.05, 0) is 29.9 Å². The number of thiol groups is 2. The average molecular weight is 310 g/mol. The third-order valence-corrected chi connectivity index (χ3v) is 4.25. The van der Waals surface area contributed by atoms with Crippen LogP contribution in [0, 0.1) is 0 Å². The molecule has 1 saturated heterocycles. The Hall–Kier alpha value is -0.810. The lowest BCUT2D eigenvalue weighted by Crippen LogP contribution is -2.34. The third kappa shape index (κ3) is 3.64. The van der Waals surface area contributed by atoms with E-state index in [0.29, 0.717) is 0 Å². The van der Waals surface area contributed by atoms with Gasteiger partial charge < -0.3 is 9.80 Å². The number of benzene rings is 1. The molecule has 0 saturated carbocycles. The molecule has 0 aliphatic carbocycles. The van der Waals surface area contributed by atoms with Gasteiger partial charge in [-0.25, -0.2) is 4.79 Å². The van der Waals surface area contributed by atoms with Gasteiger partial charge in [-0.3, -0.25) is 0 Å². The number of amides is 2. The molecule has 1 aromatic carbocycles. The fourth-order valence-corrected chi connectivity index (χ4v) is 2.88. The van der Waals surface area contributed by atoms with Gasteiger partial charge in [0.05, 0.1) is 6.04 Å². The number of urea groups is 1. The second-order valence-electron chi connectivity index (χ2n) is 5.00. The highest BCUT2D eigenvalue weighted by Crippen LogP contribution is 2.29. The summed E-state index contributed by atoms with van der Waals surface area (Å²) < 4.78 is 0. The first-order valence-electron chi connectivity index (χ1n) is 7.10. The highest BCUT2D eigenvalue weighted by Gasteiger charge is 2.36. The van der Waals surface area contributed by atoms with Crippen LogP contribution in [-0.2, 0) is 0 Å². The average Bonchev–Trinajstić information content (AvgIpc) is 2.80. The van der Waals surface area contributed by atoms with Crippen molar-refractivity contribution in [1.29, 1.82) is 0 Å². The van der Waals surface area contributed by atoms with E-state index in [1.807, 2.05) is 28.0 Å². The van der Waals surface area contributed by atoms with Gasteiger partial charge >= 0.3 is 6.03 Å². The molecule has 5 heteroatoms. The molecule has 1 aliphatic rings. The van der Waals surface area contributed by atoms with Crippen LogP contribution in [0.3, 0.4) is 0 Å². The Kier molecular flexibility index (Phi) is 6.10. The number of rotatable bonds is 7. The van der Waals surface area contributed by atoms with Crippen molar-refractivity contribution in [1.82, 2.24) is 9.80 Å². The summed E-state index contributed by atoms with van der Waals surface area (Å²) in [5.41, 5.74) is 1.22. The molecule has 2 amide bonds. The Morgan fingerprint density at radius 1 is 1.05 bits per heavy atom. The molecule has 3 nitrogen and oxygen atoms in total. The first-order chi connectivity index (χ1) is 9.77. The van der Waals surface area contributed by atoms with Crippen molar-refractivity contribution >= 4 is 31.3 Å². The van der Waals surface area contributed by atoms with Gasteiger partial charge in [-0.2, -0.15) is 25.3 Å². The molecule has 1 heterocycles. The van der Waals surface area contributed by atoms with Crippen molar-refractivity contribution in [2.24, 2.45) is 0 Å². The van der Waals surface area contributed by atoms with Gasteiger partial charge in [-0.1, -0.05) is 30.3 Å². The van der Waals surface area contributed by atoms with E-state index in [4.69, 9.17) is 0 Å².